The molecule has 2 heterocycles. The lowest BCUT2D eigenvalue weighted by atomic mass is 10.2. The van der Waals surface area contributed by atoms with Crippen molar-refractivity contribution in [1.82, 2.24) is 14.8 Å². The van der Waals surface area contributed by atoms with Crippen molar-refractivity contribution in [2.24, 2.45) is 0 Å². The number of nitrogens with two attached hydrogens (primary N) is 1. The number of methoxy groups -OCH3 is 1. The van der Waals surface area contributed by atoms with E-state index in [1.807, 2.05) is 24.3 Å². The minimum absolute atomic E-state index is 0.416. The first-order chi connectivity index (χ1) is 10.3. The fraction of sp³-hybridized carbons (Fsp3) is 0.467. The number of ether oxygens (including phenoxy) is 1. The summed E-state index contributed by atoms with van der Waals surface area (Å²) in [7, 11) is 1.65. The lowest BCUT2D eigenvalue weighted by Gasteiger charge is -2.17. The molecule has 1 aromatic heterocycles. The van der Waals surface area contributed by atoms with Crippen molar-refractivity contribution in [3.8, 4) is 11.4 Å². The van der Waals surface area contributed by atoms with Crippen LogP contribution in [0.15, 0.2) is 24.3 Å². The molecular weight excluding hydrogens is 266 g/mol. The molecule has 6 nitrogen and oxygen atoms in total. The molecule has 112 valence electrons. The number of aromatic nitrogens is 3. The van der Waals surface area contributed by atoms with Gasteiger partial charge >= 0.3 is 0 Å². The van der Waals surface area contributed by atoms with Gasteiger partial charge in [-0.15, -0.1) is 5.10 Å². The summed E-state index contributed by atoms with van der Waals surface area (Å²) in [6.07, 6.45) is 4.95. The van der Waals surface area contributed by atoms with Crippen LogP contribution in [-0.4, -0.2) is 35.0 Å². The molecule has 21 heavy (non-hydrogen) atoms. The number of benzene rings is 1. The van der Waals surface area contributed by atoms with Gasteiger partial charge in [0.25, 0.3) is 0 Å². The van der Waals surface area contributed by atoms with Crippen LogP contribution in [0.25, 0.3) is 5.69 Å². The minimum atomic E-state index is 0.416. The van der Waals surface area contributed by atoms with Crippen LogP contribution in [0.4, 0.5) is 11.9 Å². The minimum Gasteiger partial charge on any atom is -0.497 e. The zero-order chi connectivity index (χ0) is 14.7. The Morgan fingerprint density at radius 3 is 2.33 bits per heavy atom. The van der Waals surface area contributed by atoms with E-state index in [9.17, 15) is 0 Å². The van der Waals surface area contributed by atoms with Gasteiger partial charge in [-0.05, 0) is 37.1 Å². The van der Waals surface area contributed by atoms with E-state index in [-0.39, 0.29) is 0 Å². The van der Waals surface area contributed by atoms with Crippen molar-refractivity contribution >= 4 is 11.9 Å². The smallest absolute Gasteiger partial charge is 0.246 e. The maximum absolute atomic E-state index is 6.02. The molecule has 0 amide bonds. The van der Waals surface area contributed by atoms with Gasteiger partial charge in [-0.2, -0.15) is 9.67 Å². The molecule has 0 unspecified atom stereocenters. The van der Waals surface area contributed by atoms with E-state index >= 15 is 0 Å². The van der Waals surface area contributed by atoms with E-state index in [1.54, 1.807) is 11.8 Å². The first-order valence-corrected chi connectivity index (χ1v) is 7.40. The molecule has 2 N–H and O–H groups in total. The molecule has 6 heteroatoms. The lowest BCUT2D eigenvalue weighted by Crippen LogP contribution is -2.25. The molecule has 0 saturated carbocycles. The highest BCUT2D eigenvalue weighted by Crippen LogP contribution is 2.21. The highest BCUT2D eigenvalue weighted by molar-refractivity contribution is 5.44. The second-order valence-electron chi connectivity index (χ2n) is 5.28. The standard InChI is InChI=1S/C15H21N5O/c1-21-13-8-6-12(7-9-13)20-14(16)17-15(18-20)19-10-4-2-3-5-11-19/h6-9H,2-5,10-11H2,1H3,(H2,16,17,18). The van der Waals surface area contributed by atoms with Gasteiger partial charge in [0.05, 0.1) is 12.8 Å². The fourth-order valence-corrected chi connectivity index (χ4v) is 2.63. The van der Waals surface area contributed by atoms with Gasteiger partial charge in [0.15, 0.2) is 0 Å². The Morgan fingerprint density at radius 2 is 1.71 bits per heavy atom. The molecule has 1 fully saturated rings. The third-order valence-electron chi connectivity index (χ3n) is 3.83. The molecule has 1 aliphatic rings. The van der Waals surface area contributed by atoms with Gasteiger partial charge in [0.1, 0.15) is 5.75 Å². The molecule has 0 aliphatic carbocycles. The van der Waals surface area contributed by atoms with Crippen molar-refractivity contribution < 1.29 is 4.74 Å². The maximum Gasteiger partial charge on any atom is 0.246 e. The summed E-state index contributed by atoms with van der Waals surface area (Å²) in [4.78, 5) is 6.64. The van der Waals surface area contributed by atoms with E-state index < -0.39 is 0 Å². The molecule has 1 aromatic carbocycles. The topological polar surface area (TPSA) is 69.2 Å². The Labute approximate surface area is 124 Å². The van der Waals surface area contributed by atoms with Crippen LogP contribution >= 0.6 is 0 Å². The van der Waals surface area contributed by atoms with E-state index in [2.05, 4.69) is 15.0 Å². The van der Waals surface area contributed by atoms with Crippen molar-refractivity contribution in [2.45, 2.75) is 25.7 Å². The van der Waals surface area contributed by atoms with E-state index in [0.717, 1.165) is 30.5 Å². The van der Waals surface area contributed by atoms with Gasteiger partial charge in [0.2, 0.25) is 11.9 Å². The molecule has 2 aromatic rings. The third-order valence-corrected chi connectivity index (χ3v) is 3.83. The number of hydrogen-bond acceptors (Lipinski definition) is 5. The second-order valence-corrected chi connectivity index (χ2v) is 5.28. The highest BCUT2D eigenvalue weighted by atomic mass is 16.5. The van der Waals surface area contributed by atoms with E-state index in [0.29, 0.717) is 5.95 Å². The van der Waals surface area contributed by atoms with Crippen LogP contribution in [0.1, 0.15) is 25.7 Å². The number of anilines is 2. The summed E-state index contributed by atoms with van der Waals surface area (Å²) in [5, 5.41) is 4.57. The predicted octanol–water partition coefficient (Wildman–Crippen LogP) is 2.24. The largest absolute Gasteiger partial charge is 0.497 e. The van der Waals surface area contributed by atoms with Crippen LogP contribution in [0.3, 0.4) is 0 Å². The van der Waals surface area contributed by atoms with Crippen LogP contribution in [0.5, 0.6) is 5.75 Å². The van der Waals surface area contributed by atoms with Crippen molar-refractivity contribution in [2.75, 3.05) is 30.8 Å². The second kappa shape index (κ2) is 6.03. The van der Waals surface area contributed by atoms with Crippen molar-refractivity contribution in [3.05, 3.63) is 24.3 Å². The van der Waals surface area contributed by atoms with E-state index in [4.69, 9.17) is 10.5 Å². The van der Waals surface area contributed by atoms with Crippen LogP contribution < -0.4 is 15.4 Å². The average molecular weight is 287 g/mol. The van der Waals surface area contributed by atoms with E-state index in [1.165, 1.54) is 25.7 Å². The van der Waals surface area contributed by atoms with Crippen LogP contribution in [-0.2, 0) is 0 Å². The van der Waals surface area contributed by atoms with Crippen molar-refractivity contribution in [3.63, 3.8) is 0 Å². The fourth-order valence-electron chi connectivity index (χ4n) is 2.63. The lowest BCUT2D eigenvalue weighted by molar-refractivity contribution is 0.414. The first-order valence-electron chi connectivity index (χ1n) is 7.40. The van der Waals surface area contributed by atoms with Crippen molar-refractivity contribution in [1.29, 1.82) is 0 Å². The average Bonchev–Trinajstić information content (AvgIpc) is 2.74. The molecular formula is C15H21N5O. The SMILES string of the molecule is COc1ccc(-n2nc(N3CCCCCC3)nc2N)cc1. The van der Waals surface area contributed by atoms with Crippen LogP contribution in [0.2, 0.25) is 0 Å². The Bertz CT molecular complexity index is 585. The maximum atomic E-state index is 6.02. The predicted molar refractivity (Wildman–Crippen MR) is 83.0 cm³/mol. The number of hydrogen-bond donors (Lipinski definition) is 1. The molecule has 3 rings (SSSR count). The number of nitrogen functional groups attached to an aromatic ring is 1. The first kappa shape index (κ1) is 13.7. The number of nitrogens with zero attached hydrogens (tertiary/aromatic N) is 4. The van der Waals surface area contributed by atoms with Gasteiger partial charge in [-0.3, -0.25) is 0 Å². The Hall–Kier alpha value is -2.24. The zero-order valence-electron chi connectivity index (χ0n) is 12.3. The zero-order valence-corrected chi connectivity index (χ0v) is 12.3. The summed E-state index contributed by atoms with van der Waals surface area (Å²) in [5.41, 5.74) is 6.91. The quantitative estimate of drug-likeness (QED) is 0.937. The van der Waals surface area contributed by atoms with Gasteiger partial charge in [-0.1, -0.05) is 12.8 Å². The normalized spacial score (nSPS) is 15.8. The van der Waals surface area contributed by atoms with Gasteiger partial charge in [0, 0.05) is 13.1 Å². The summed E-state index contributed by atoms with van der Waals surface area (Å²) < 4.78 is 6.85. The molecule has 0 radical (unpaired) electrons. The Balaban J connectivity index is 1.85. The monoisotopic (exact) mass is 287 g/mol. The molecule has 0 bridgehead atoms. The third kappa shape index (κ3) is 2.94. The summed E-state index contributed by atoms with van der Waals surface area (Å²) >= 11 is 0. The Kier molecular flexibility index (Phi) is 3.94. The van der Waals surface area contributed by atoms with Gasteiger partial charge < -0.3 is 15.4 Å². The molecule has 0 spiro atoms. The molecule has 0 atom stereocenters. The molecule has 1 aliphatic heterocycles. The number of rotatable bonds is 3. The molecule has 1 saturated heterocycles. The van der Waals surface area contributed by atoms with Gasteiger partial charge in [-0.25, -0.2) is 0 Å². The summed E-state index contributed by atoms with van der Waals surface area (Å²) in [6.45, 7) is 2.01. The summed E-state index contributed by atoms with van der Waals surface area (Å²) in [6, 6.07) is 7.64. The highest BCUT2D eigenvalue weighted by Gasteiger charge is 2.16. The van der Waals surface area contributed by atoms with Crippen LogP contribution in [0, 0.1) is 0 Å². The summed E-state index contributed by atoms with van der Waals surface area (Å²) in [5.74, 6) is 1.95. The Morgan fingerprint density at radius 1 is 1.05 bits per heavy atom.